The topological polar surface area (TPSA) is 54.0 Å². The van der Waals surface area contributed by atoms with Crippen molar-refractivity contribution in [2.75, 3.05) is 5.32 Å². The smallest absolute Gasteiger partial charge is 0.319 e. The molecule has 2 amide bonds. The number of benzene rings is 1. The molecule has 110 valence electrons. The van der Waals surface area contributed by atoms with Crippen molar-refractivity contribution in [3.05, 3.63) is 57.8 Å². The largest absolute Gasteiger partial charge is 0.334 e. The first-order valence-electron chi connectivity index (χ1n) is 5.76. The van der Waals surface area contributed by atoms with Gasteiger partial charge in [-0.25, -0.2) is 18.6 Å². The second-order valence-electron chi connectivity index (χ2n) is 4.04. The normalized spacial score (nSPS) is 10.3. The number of urea groups is 1. The molecule has 0 saturated heterocycles. The molecule has 0 spiro atoms. The van der Waals surface area contributed by atoms with Crippen molar-refractivity contribution in [3.63, 3.8) is 0 Å². The van der Waals surface area contributed by atoms with Crippen molar-refractivity contribution in [3.8, 4) is 0 Å². The van der Waals surface area contributed by atoms with E-state index in [1.165, 1.54) is 12.1 Å². The zero-order valence-corrected chi connectivity index (χ0v) is 12.0. The van der Waals surface area contributed by atoms with Gasteiger partial charge in [0, 0.05) is 17.8 Å². The highest BCUT2D eigenvalue weighted by molar-refractivity contribution is 6.32. The third-order valence-electron chi connectivity index (χ3n) is 2.47. The minimum Gasteiger partial charge on any atom is -0.334 e. The Hall–Kier alpha value is -1.92. The molecule has 2 N–H and O–H groups in total. The Morgan fingerprint density at radius 3 is 2.48 bits per heavy atom. The average molecular weight is 332 g/mol. The van der Waals surface area contributed by atoms with E-state index in [1.54, 1.807) is 0 Å². The molecule has 21 heavy (non-hydrogen) atoms. The molecule has 4 nitrogen and oxygen atoms in total. The van der Waals surface area contributed by atoms with Gasteiger partial charge >= 0.3 is 6.03 Å². The van der Waals surface area contributed by atoms with E-state index in [0.717, 1.165) is 18.2 Å². The Kier molecular flexibility index (Phi) is 4.93. The quantitative estimate of drug-likeness (QED) is 0.835. The summed E-state index contributed by atoms with van der Waals surface area (Å²) in [6.07, 6.45) is 0. The van der Waals surface area contributed by atoms with E-state index in [4.69, 9.17) is 23.2 Å². The maximum Gasteiger partial charge on any atom is 0.319 e. The summed E-state index contributed by atoms with van der Waals surface area (Å²) in [6.45, 7) is -0.165. The van der Waals surface area contributed by atoms with E-state index in [1.807, 2.05) is 0 Å². The Bertz CT molecular complexity index is 662. The second-order valence-corrected chi connectivity index (χ2v) is 4.82. The molecule has 0 bridgehead atoms. The number of nitrogens with zero attached hydrogens (tertiary/aromatic N) is 1. The first-order valence-corrected chi connectivity index (χ1v) is 6.51. The fraction of sp³-hybridized carbons (Fsp3) is 0.0769. The van der Waals surface area contributed by atoms with Gasteiger partial charge in [-0.15, -0.1) is 0 Å². The molecular weight excluding hydrogens is 323 g/mol. The van der Waals surface area contributed by atoms with E-state index >= 15 is 0 Å². The Balaban J connectivity index is 1.97. The van der Waals surface area contributed by atoms with Crippen LogP contribution in [0.25, 0.3) is 0 Å². The summed E-state index contributed by atoms with van der Waals surface area (Å²) in [4.78, 5) is 15.4. The number of pyridine rings is 1. The lowest BCUT2D eigenvalue weighted by Crippen LogP contribution is -2.28. The molecule has 0 saturated carbocycles. The van der Waals surface area contributed by atoms with Crippen molar-refractivity contribution in [1.82, 2.24) is 10.3 Å². The molecule has 1 aromatic carbocycles. The molecular formula is C13H9Cl2F2N3O. The number of hydrogen-bond acceptors (Lipinski definition) is 2. The molecule has 0 fully saturated rings. The standard InChI is InChI=1S/C13H9Cl2F2N3O/c14-11-4-9(5-12(15)20-11)19-13(21)18-6-7-3-8(16)1-2-10(7)17/h1-5H,6H2,(H2,18,19,20,21). The number of anilines is 1. The molecule has 0 atom stereocenters. The fourth-order valence-corrected chi connectivity index (χ4v) is 2.03. The van der Waals surface area contributed by atoms with Crippen LogP contribution in [0.1, 0.15) is 5.56 Å². The zero-order chi connectivity index (χ0) is 15.4. The van der Waals surface area contributed by atoms with Crippen LogP contribution in [-0.2, 0) is 6.54 Å². The van der Waals surface area contributed by atoms with Crippen molar-refractivity contribution in [2.45, 2.75) is 6.54 Å². The number of nitrogens with one attached hydrogen (secondary N) is 2. The van der Waals surface area contributed by atoms with E-state index in [2.05, 4.69) is 15.6 Å². The summed E-state index contributed by atoms with van der Waals surface area (Å²) >= 11 is 11.4. The number of aromatic nitrogens is 1. The Morgan fingerprint density at radius 2 is 1.81 bits per heavy atom. The number of amides is 2. The van der Waals surface area contributed by atoms with Gasteiger partial charge in [-0.05, 0) is 30.3 Å². The van der Waals surface area contributed by atoms with E-state index in [9.17, 15) is 13.6 Å². The zero-order valence-electron chi connectivity index (χ0n) is 10.5. The number of halogens is 4. The van der Waals surface area contributed by atoms with Crippen LogP contribution in [0.5, 0.6) is 0 Å². The van der Waals surface area contributed by atoms with Crippen molar-refractivity contribution in [1.29, 1.82) is 0 Å². The van der Waals surface area contributed by atoms with Crippen LogP contribution in [0.4, 0.5) is 19.3 Å². The monoisotopic (exact) mass is 331 g/mol. The third kappa shape index (κ3) is 4.54. The van der Waals surface area contributed by atoms with Gasteiger partial charge in [0.05, 0.1) is 0 Å². The van der Waals surface area contributed by atoms with Gasteiger partial charge in [-0.1, -0.05) is 23.2 Å². The van der Waals surface area contributed by atoms with Crippen LogP contribution >= 0.6 is 23.2 Å². The lowest BCUT2D eigenvalue weighted by Gasteiger charge is -2.09. The highest BCUT2D eigenvalue weighted by atomic mass is 35.5. The van der Waals surface area contributed by atoms with Crippen molar-refractivity contribution >= 4 is 34.9 Å². The number of hydrogen-bond donors (Lipinski definition) is 2. The maximum atomic E-state index is 13.4. The summed E-state index contributed by atoms with van der Waals surface area (Å²) in [5.41, 5.74) is 0.369. The Labute approximate surface area is 129 Å². The highest BCUT2D eigenvalue weighted by Crippen LogP contribution is 2.18. The predicted octanol–water partition coefficient (Wildman–Crippen LogP) is 3.99. The van der Waals surface area contributed by atoms with Gasteiger partial charge in [-0.3, -0.25) is 0 Å². The average Bonchev–Trinajstić information content (AvgIpc) is 2.38. The van der Waals surface area contributed by atoms with Crippen LogP contribution < -0.4 is 10.6 Å². The summed E-state index contributed by atoms with van der Waals surface area (Å²) in [5.74, 6) is -1.19. The lowest BCUT2D eigenvalue weighted by molar-refractivity contribution is 0.251. The first kappa shape index (κ1) is 15.5. The summed E-state index contributed by atoms with van der Waals surface area (Å²) < 4.78 is 26.3. The summed E-state index contributed by atoms with van der Waals surface area (Å²) in [5, 5.41) is 5.08. The van der Waals surface area contributed by atoms with Crippen LogP contribution in [0.2, 0.25) is 10.3 Å². The van der Waals surface area contributed by atoms with E-state index in [0.29, 0.717) is 5.69 Å². The van der Waals surface area contributed by atoms with Gasteiger partial charge in [0.25, 0.3) is 0 Å². The molecule has 0 unspecified atom stereocenters. The number of carbonyl (C=O) groups excluding carboxylic acids is 1. The van der Waals surface area contributed by atoms with Crippen LogP contribution in [-0.4, -0.2) is 11.0 Å². The summed E-state index contributed by atoms with van der Waals surface area (Å²) in [7, 11) is 0. The number of carbonyl (C=O) groups is 1. The van der Waals surface area contributed by atoms with Gasteiger partial charge < -0.3 is 10.6 Å². The molecule has 1 heterocycles. The van der Waals surface area contributed by atoms with E-state index in [-0.39, 0.29) is 22.4 Å². The third-order valence-corrected chi connectivity index (χ3v) is 2.86. The molecule has 0 aliphatic heterocycles. The van der Waals surface area contributed by atoms with Crippen LogP contribution in [0, 0.1) is 11.6 Å². The van der Waals surface area contributed by atoms with Gasteiger partial charge in [0.1, 0.15) is 21.9 Å². The van der Waals surface area contributed by atoms with Crippen molar-refractivity contribution in [2.24, 2.45) is 0 Å². The maximum absolute atomic E-state index is 13.4. The summed E-state index contributed by atoms with van der Waals surface area (Å²) in [6, 6.07) is 5.19. The van der Waals surface area contributed by atoms with Crippen molar-refractivity contribution < 1.29 is 13.6 Å². The molecule has 1 aromatic heterocycles. The van der Waals surface area contributed by atoms with E-state index < -0.39 is 17.7 Å². The molecule has 0 aliphatic carbocycles. The minimum atomic E-state index is -0.614. The second kappa shape index (κ2) is 6.69. The molecule has 0 radical (unpaired) electrons. The predicted molar refractivity (Wildman–Crippen MR) is 76.5 cm³/mol. The fourth-order valence-electron chi connectivity index (χ4n) is 1.57. The molecule has 8 heteroatoms. The van der Waals surface area contributed by atoms with Crippen LogP contribution in [0.15, 0.2) is 30.3 Å². The first-order chi connectivity index (χ1) is 9.94. The Morgan fingerprint density at radius 1 is 1.14 bits per heavy atom. The lowest BCUT2D eigenvalue weighted by atomic mass is 10.2. The number of rotatable bonds is 3. The van der Waals surface area contributed by atoms with Crippen LogP contribution in [0.3, 0.4) is 0 Å². The SMILES string of the molecule is O=C(NCc1cc(F)ccc1F)Nc1cc(Cl)nc(Cl)c1. The molecule has 2 rings (SSSR count). The van der Waals surface area contributed by atoms with Gasteiger partial charge in [0.2, 0.25) is 0 Å². The molecule has 0 aliphatic rings. The van der Waals surface area contributed by atoms with Gasteiger partial charge in [-0.2, -0.15) is 0 Å². The highest BCUT2D eigenvalue weighted by Gasteiger charge is 2.07. The minimum absolute atomic E-state index is 0.0379. The molecule has 2 aromatic rings. The van der Waals surface area contributed by atoms with Gasteiger partial charge in [0.15, 0.2) is 0 Å².